The van der Waals surface area contributed by atoms with Gasteiger partial charge in [-0.25, -0.2) is 4.40 Å². The number of hydrogen-bond donors (Lipinski definition) is 1. The van der Waals surface area contributed by atoms with Gasteiger partial charge in [-0.1, -0.05) is 31.7 Å². The second kappa shape index (κ2) is 7.46. The Kier molecular flexibility index (Phi) is 5.28. The predicted molar refractivity (Wildman–Crippen MR) is 104 cm³/mol. The van der Waals surface area contributed by atoms with Gasteiger partial charge in [0.15, 0.2) is 10.9 Å². The quantitative estimate of drug-likeness (QED) is 0.783. The third-order valence-electron chi connectivity index (χ3n) is 3.58. The molecule has 0 fully saturated rings. The summed E-state index contributed by atoms with van der Waals surface area (Å²) in [6.45, 7) is 4.24. The smallest absolute Gasteiger partial charge is 0.283 e. The average molecular weight is 390 g/mol. The van der Waals surface area contributed by atoms with Crippen molar-refractivity contribution in [3.63, 3.8) is 0 Å². The molecule has 0 aromatic carbocycles. The topological polar surface area (TPSA) is 99.6 Å². The summed E-state index contributed by atoms with van der Waals surface area (Å²) < 4.78 is 11.1. The zero-order chi connectivity index (χ0) is 18.8. The summed E-state index contributed by atoms with van der Waals surface area (Å²) in [6, 6.07) is 0. The fourth-order valence-electron chi connectivity index (χ4n) is 2.31. The van der Waals surface area contributed by atoms with Gasteiger partial charge in [0, 0.05) is 17.3 Å². The van der Waals surface area contributed by atoms with Crippen LogP contribution in [-0.2, 0) is 9.53 Å². The van der Waals surface area contributed by atoms with Crippen molar-refractivity contribution >= 4 is 45.9 Å². The first-order chi connectivity index (χ1) is 12.4. The lowest BCUT2D eigenvalue weighted by molar-refractivity contribution is -0.114. The van der Waals surface area contributed by atoms with Gasteiger partial charge in [0.1, 0.15) is 5.82 Å². The number of ketones is 1. The first-order valence-corrected chi connectivity index (χ1v) is 9.67. The van der Waals surface area contributed by atoms with Crippen LogP contribution in [-0.4, -0.2) is 32.4 Å². The van der Waals surface area contributed by atoms with Gasteiger partial charge in [-0.05, 0) is 29.7 Å². The molecule has 1 aliphatic rings. The van der Waals surface area contributed by atoms with Crippen molar-refractivity contribution in [2.75, 3.05) is 18.6 Å². The van der Waals surface area contributed by atoms with Crippen molar-refractivity contribution in [1.29, 1.82) is 0 Å². The van der Waals surface area contributed by atoms with Gasteiger partial charge >= 0.3 is 0 Å². The summed E-state index contributed by atoms with van der Waals surface area (Å²) >= 11 is 2.72. The van der Waals surface area contributed by atoms with Crippen molar-refractivity contribution < 1.29 is 9.53 Å². The van der Waals surface area contributed by atoms with Gasteiger partial charge in [0.2, 0.25) is 10.7 Å². The minimum absolute atomic E-state index is 0.205. The van der Waals surface area contributed by atoms with Gasteiger partial charge in [-0.3, -0.25) is 9.59 Å². The standard InChI is InChI=1S/C17H18N4O3S2/c1-9(2)8-25-17-20-26-16-19-15(23)11(14(18)21(16)17)6-10-4-5-12(22)13(7-10)24-3/h4-7,9H,8,18H2,1-3H3. The highest BCUT2D eigenvalue weighted by Crippen LogP contribution is 2.26. The molecule has 3 rings (SSSR count). The second-order valence-corrected chi connectivity index (χ2v) is 7.78. The number of thioether (sulfide) groups is 1. The van der Waals surface area contributed by atoms with E-state index in [1.165, 1.54) is 13.2 Å². The monoisotopic (exact) mass is 390 g/mol. The van der Waals surface area contributed by atoms with Crippen molar-refractivity contribution in [3.8, 4) is 0 Å². The normalized spacial score (nSPS) is 15.9. The molecule has 26 heavy (non-hydrogen) atoms. The number of hydrogen-bond acceptors (Lipinski definition) is 8. The van der Waals surface area contributed by atoms with Gasteiger partial charge in [0.25, 0.3) is 5.56 Å². The number of aromatic nitrogens is 3. The lowest BCUT2D eigenvalue weighted by Crippen LogP contribution is -2.17. The molecule has 0 saturated heterocycles. The fraction of sp³-hybridized carbons (Fsp3) is 0.294. The maximum Gasteiger partial charge on any atom is 0.283 e. The summed E-state index contributed by atoms with van der Waals surface area (Å²) in [5.74, 6) is 1.64. The number of nitrogen functional groups attached to an aromatic ring is 1. The van der Waals surface area contributed by atoms with E-state index < -0.39 is 5.56 Å². The van der Waals surface area contributed by atoms with Crippen LogP contribution in [0.25, 0.3) is 11.0 Å². The highest BCUT2D eigenvalue weighted by Gasteiger charge is 2.17. The van der Waals surface area contributed by atoms with Crippen LogP contribution in [0.3, 0.4) is 0 Å². The van der Waals surface area contributed by atoms with Gasteiger partial charge in [-0.15, -0.1) is 0 Å². The number of ether oxygens (including phenoxy) is 1. The molecule has 7 nitrogen and oxygen atoms in total. The van der Waals surface area contributed by atoms with Gasteiger partial charge < -0.3 is 10.5 Å². The van der Waals surface area contributed by atoms with Crippen LogP contribution in [0.2, 0.25) is 0 Å². The minimum atomic E-state index is -0.434. The summed E-state index contributed by atoms with van der Waals surface area (Å²) in [7, 11) is 1.42. The summed E-state index contributed by atoms with van der Waals surface area (Å²) in [5.41, 5.74) is 6.73. The molecule has 0 saturated carbocycles. The molecule has 1 aliphatic carbocycles. The molecule has 0 atom stereocenters. The number of allylic oxidation sites excluding steroid dienone is 4. The maximum absolute atomic E-state index is 12.4. The van der Waals surface area contributed by atoms with E-state index in [4.69, 9.17) is 10.5 Å². The van der Waals surface area contributed by atoms with E-state index >= 15 is 0 Å². The number of fused-ring (bicyclic) bond motifs is 1. The highest BCUT2D eigenvalue weighted by molar-refractivity contribution is 7.99. The summed E-state index contributed by atoms with van der Waals surface area (Å²) in [6.07, 6.45) is 6.17. The Hall–Kier alpha value is -2.39. The molecule has 136 valence electrons. The van der Waals surface area contributed by atoms with Crippen LogP contribution in [0.5, 0.6) is 0 Å². The van der Waals surface area contributed by atoms with Crippen molar-refractivity contribution in [3.05, 3.63) is 45.5 Å². The van der Waals surface area contributed by atoms with E-state index in [0.29, 0.717) is 21.6 Å². The first kappa shape index (κ1) is 18.4. The van der Waals surface area contributed by atoms with Crippen molar-refractivity contribution in [2.24, 2.45) is 5.92 Å². The molecule has 2 heterocycles. The lowest BCUT2D eigenvalue weighted by atomic mass is 10.0. The van der Waals surface area contributed by atoms with E-state index in [2.05, 4.69) is 23.2 Å². The molecular formula is C17H18N4O3S2. The van der Waals surface area contributed by atoms with E-state index in [1.54, 1.807) is 34.4 Å². The Bertz CT molecular complexity index is 1010. The number of methoxy groups -OCH3 is 1. The average Bonchev–Trinajstić information content (AvgIpc) is 3.01. The van der Waals surface area contributed by atoms with Crippen LogP contribution >= 0.6 is 23.3 Å². The zero-order valence-electron chi connectivity index (χ0n) is 14.6. The summed E-state index contributed by atoms with van der Waals surface area (Å²) in [5, 5.41) is 0.714. The van der Waals surface area contributed by atoms with Crippen LogP contribution in [0.1, 0.15) is 19.4 Å². The Morgan fingerprint density at radius 2 is 2.15 bits per heavy atom. The predicted octanol–water partition coefficient (Wildman–Crippen LogP) is 2.53. The molecule has 0 aliphatic heterocycles. The number of rotatable bonds is 5. The first-order valence-electron chi connectivity index (χ1n) is 7.91. The van der Waals surface area contributed by atoms with Crippen molar-refractivity contribution in [1.82, 2.24) is 13.8 Å². The molecule has 0 unspecified atom stereocenters. The number of carbonyl (C=O) groups is 1. The molecule has 2 N–H and O–H groups in total. The summed E-state index contributed by atoms with van der Waals surface area (Å²) in [4.78, 5) is 28.6. The van der Waals surface area contributed by atoms with Gasteiger partial charge in [-0.2, -0.15) is 9.36 Å². The van der Waals surface area contributed by atoms with E-state index in [0.717, 1.165) is 17.3 Å². The molecular weight excluding hydrogens is 372 g/mol. The third-order valence-corrected chi connectivity index (χ3v) is 5.76. The maximum atomic E-state index is 12.4. The van der Waals surface area contributed by atoms with Crippen molar-refractivity contribution in [2.45, 2.75) is 19.0 Å². The molecule has 2 aromatic rings. The number of carbonyl (C=O) groups excluding carboxylic acids is 1. The second-order valence-electron chi connectivity index (χ2n) is 6.06. The Morgan fingerprint density at radius 3 is 2.85 bits per heavy atom. The Balaban J connectivity index is 2.09. The van der Waals surface area contributed by atoms with E-state index in [-0.39, 0.29) is 22.9 Å². The zero-order valence-corrected chi connectivity index (χ0v) is 16.2. The largest absolute Gasteiger partial charge is 0.493 e. The lowest BCUT2D eigenvalue weighted by Gasteiger charge is -2.09. The molecule has 0 bridgehead atoms. The third kappa shape index (κ3) is 3.58. The van der Waals surface area contributed by atoms with E-state index in [9.17, 15) is 9.59 Å². The number of nitrogens with two attached hydrogens (primary N) is 1. The van der Waals surface area contributed by atoms with Crippen LogP contribution in [0, 0.1) is 5.92 Å². The molecule has 2 aromatic heterocycles. The molecule has 0 radical (unpaired) electrons. The van der Waals surface area contributed by atoms with E-state index in [1.807, 2.05) is 0 Å². The minimum Gasteiger partial charge on any atom is -0.493 e. The Labute approximate surface area is 158 Å². The number of nitrogens with zero attached hydrogens (tertiary/aromatic N) is 3. The van der Waals surface area contributed by atoms with Gasteiger partial charge in [0.05, 0.1) is 12.7 Å². The Morgan fingerprint density at radius 1 is 1.38 bits per heavy atom. The van der Waals surface area contributed by atoms with Crippen LogP contribution in [0.15, 0.2) is 39.5 Å². The molecule has 9 heteroatoms. The van der Waals surface area contributed by atoms with Crippen LogP contribution in [0.4, 0.5) is 5.82 Å². The van der Waals surface area contributed by atoms with Crippen LogP contribution < -0.4 is 11.3 Å². The molecule has 0 amide bonds. The number of anilines is 1. The highest BCUT2D eigenvalue weighted by atomic mass is 32.2. The SMILES string of the molecule is COC1=CC(=Cc2c(N)n3c(SCC(C)C)nsc3nc2=O)C=CC1=O. The fourth-order valence-corrected chi connectivity index (χ4v) is 4.11. The molecule has 0 spiro atoms.